The van der Waals surface area contributed by atoms with E-state index in [-0.39, 0.29) is 28.6 Å². The molecule has 8 nitrogen and oxygen atoms in total. The Morgan fingerprint density at radius 3 is 2.32 bits per heavy atom. The van der Waals surface area contributed by atoms with Crippen molar-refractivity contribution in [3.8, 4) is 0 Å². The molecule has 14 atom stereocenters. The Hall–Kier alpha value is -0.740. The fourth-order valence-electron chi connectivity index (χ4n) is 10.2. The van der Waals surface area contributed by atoms with Crippen LogP contribution in [0.4, 0.5) is 0 Å². The molecule has 5 unspecified atom stereocenters. The van der Waals surface area contributed by atoms with Crippen LogP contribution in [0.15, 0.2) is 11.3 Å². The molecule has 1 aliphatic heterocycles. The lowest BCUT2D eigenvalue weighted by atomic mass is 9.46. The highest BCUT2D eigenvalue weighted by Gasteiger charge is 2.63. The Kier molecular flexibility index (Phi) is 9.26. The van der Waals surface area contributed by atoms with E-state index in [1.165, 1.54) is 32.1 Å². The van der Waals surface area contributed by atoms with E-state index in [2.05, 4.69) is 34.6 Å². The number of ether oxygens (including phenoxy) is 2. The predicted octanol–water partition coefficient (Wildman–Crippen LogP) is 4.07. The second-order valence-corrected chi connectivity index (χ2v) is 15.2. The van der Waals surface area contributed by atoms with E-state index < -0.39 is 43.4 Å². The Morgan fingerprint density at radius 1 is 0.902 bits per heavy atom. The summed E-state index contributed by atoms with van der Waals surface area (Å²) in [5.41, 5.74) is 0.815. The normalized spacial score (nSPS) is 49.0. The lowest BCUT2D eigenvalue weighted by Crippen LogP contribution is -2.60. The molecule has 0 spiro atoms. The minimum Gasteiger partial charge on any atom is -0.510 e. The summed E-state index contributed by atoms with van der Waals surface area (Å²) in [6.45, 7) is 11.3. The van der Waals surface area contributed by atoms with Crippen LogP contribution in [-0.2, 0) is 9.47 Å². The first-order valence-corrected chi connectivity index (χ1v) is 16.4. The fourth-order valence-corrected chi connectivity index (χ4v) is 10.2. The molecule has 236 valence electrons. The highest BCUT2D eigenvalue weighted by molar-refractivity contribution is 5.31. The zero-order valence-electron chi connectivity index (χ0n) is 25.8. The Bertz CT molecular complexity index is 952. The van der Waals surface area contributed by atoms with Gasteiger partial charge in [0.25, 0.3) is 0 Å². The van der Waals surface area contributed by atoms with Crippen LogP contribution < -0.4 is 0 Å². The van der Waals surface area contributed by atoms with E-state index in [9.17, 15) is 30.6 Å². The molecule has 4 fully saturated rings. The second kappa shape index (κ2) is 12.0. The summed E-state index contributed by atoms with van der Waals surface area (Å²) in [5.74, 6) is 2.93. The van der Waals surface area contributed by atoms with Crippen LogP contribution in [0, 0.1) is 46.3 Å². The van der Waals surface area contributed by atoms with Crippen LogP contribution in [-0.4, -0.2) is 80.2 Å². The van der Waals surface area contributed by atoms with Gasteiger partial charge in [-0.25, -0.2) is 0 Å². The van der Waals surface area contributed by atoms with Gasteiger partial charge in [-0.1, -0.05) is 53.9 Å². The summed E-state index contributed by atoms with van der Waals surface area (Å²) in [5, 5.41) is 63.6. The van der Waals surface area contributed by atoms with Gasteiger partial charge in [-0.2, -0.15) is 0 Å². The van der Waals surface area contributed by atoms with Crippen molar-refractivity contribution in [1.82, 2.24) is 0 Å². The molecule has 41 heavy (non-hydrogen) atoms. The van der Waals surface area contributed by atoms with E-state index in [4.69, 9.17) is 9.47 Å². The monoisotopic (exact) mass is 580 g/mol. The summed E-state index contributed by atoms with van der Waals surface area (Å²) in [7, 11) is 0. The van der Waals surface area contributed by atoms with Gasteiger partial charge in [-0.15, -0.1) is 0 Å². The Labute approximate surface area is 246 Å². The number of hydrogen-bond donors (Lipinski definition) is 6. The second-order valence-electron chi connectivity index (χ2n) is 15.2. The molecular formula is C33H56O8. The van der Waals surface area contributed by atoms with Crippen LogP contribution in [0.25, 0.3) is 0 Å². The van der Waals surface area contributed by atoms with Crippen LogP contribution in [0.1, 0.15) is 98.8 Å². The van der Waals surface area contributed by atoms with Crippen molar-refractivity contribution >= 4 is 0 Å². The molecule has 0 amide bonds. The topological polar surface area (TPSA) is 140 Å². The number of hydrogen-bond acceptors (Lipinski definition) is 8. The molecule has 6 N–H and O–H groups in total. The zero-order valence-corrected chi connectivity index (χ0v) is 25.8. The number of aliphatic hydroxyl groups excluding tert-OH is 6. The van der Waals surface area contributed by atoms with Crippen molar-refractivity contribution in [2.45, 2.75) is 142 Å². The predicted molar refractivity (Wildman–Crippen MR) is 155 cm³/mol. The lowest BCUT2D eigenvalue weighted by Gasteiger charge is -2.60. The fraction of sp³-hybridized carbons (Fsp3) is 0.939. The van der Waals surface area contributed by atoms with E-state index in [1.807, 2.05) is 0 Å². The molecule has 5 rings (SSSR count). The maximum atomic E-state index is 11.7. The van der Waals surface area contributed by atoms with Crippen LogP contribution >= 0.6 is 0 Å². The lowest BCUT2D eigenvalue weighted by molar-refractivity contribution is -0.313. The molecule has 3 saturated carbocycles. The molecule has 0 aromatic carbocycles. The van der Waals surface area contributed by atoms with Gasteiger partial charge in [-0.05, 0) is 96.9 Å². The standard InChI is InChI=1S/C33H56O8/c1-17(2)7-6-8-18(3)20-9-10-21-25-22(12-14-32(20,21)4)33(5)13-11-19(15-23(33)26(35)28(25)37)40-31-30(39)29(38)27(36)24(16-34)41-31/h17-22,24-25,27-31,34-39H,6-16H2,1-5H3/t18-,19?,20-,21?,22?,24-,25?,27+,28?,29+,30-,31+,32-,33-/m1/s1. The molecule has 4 aliphatic carbocycles. The zero-order chi connectivity index (χ0) is 29.9. The van der Waals surface area contributed by atoms with Crippen molar-refractivity contribution in [1.29, 1.82) is 0 Å². The number of rotatable bonds is 8. The average Bonchev–Trinajstić information content (AvgIpc) is 3.29. The van der Waals surface area contributed by atoms with Gasteiger partial charge in [0.2, 0.25) is 0 Å². The smallest absolute Gasteiger partial charge is 0.186 e. The summed E-state index contributed by atoms with van der Waals surface area (Å²) in [6.07, 6.45) is 2.40. The molecule has 0 radical (unpaired) electrons. The molecule has 0 aromatic rings. The summed E-state index contributed by atoms with van der Waals surface area (Å²) < 4.78 is 11.7. The van der Waals surface area contributed by atoms with Crippen molar-refractivity contribution in [3.63, 3.8) is 0 Å². The average molecular weight is 581 g/mol. The Morgan fingerprint density at radius 2 is 1.63 bits per heavy atom. The van der Waals surface area contributed by atoms with Crippen LogP contribution in [0.2, 0.25) is 0 Å². The summed E-state index contributed by atoms with van der Waals surface area (Å²) >= 11 is 0. The Balaban J connectivity index is 1.31. The molecular weight excluding hydrogens is 524 g/mol. The quantitative estimate of drug-likeness (QED) is 0.253. The maximum absolute atomic E-state index is 11.7. The molecule has 8 heteroatoms. The minimum atomic E-state index is -1.49. The van der Waals surface area contributed by atoms with Crippen molar-refractivity contribution in [2.24, 2.45) is 46.3 Å². The van der Waals surface area contributed by atoms with Gasteiger partial charge in [0.15, 0.2) is 6.29 Å². The van der Waals surface area contributed by atoms with E-state index >= 15 is 0 Å². The largest absolute Gasteiger partial charge is 0.510 e. The molecule has 1 heterocycles. The highest BCUT2D eigenvalue weighted by atomic mass is 16.7. The van der Waals surface area contributed by atoms with Gasteiger partial charge >= 0.3 is 0 Å². The number of aliphatic hydroxyl groups is 6. The highest BCUT2D eigenvalue weighted by Crippen LogP contribution is 2.68. The van der Waals surface area contributed by atoms with Crippen LogP contribution in [0.3, 0.4) is 0 Å². The van der Waals surface area contributed by atoms with E-state index in [0.29, 0.717) is 36.5 Å². The van der Waals surface area contributed by atoms with E-state index in [0.717, 1.165) is 30.8 Å². The minimum absolute atomic E-state index is 0.0540. The van der Waals surface area contributed by atoms with Crippen molar-refractivity contribution in [3.05, 3.63) is 11.3 Å². The van der Waals surface area contributed by atoms with Gasteiger partial charge < -0.3 is 40.1 Å². The molecule has 0 bridgehead atoms. The van der Waals surface area contributed by atoms with Crippen molar-refractivity contribution in [2.75, 3.05) is 6.61 Å². The number of fused-ring (bicyclic) bond motifs is 5. The van der Waals surface area contributed by atoms with Crippen molar-refractivity contribution < 1.29 is 40.1 Å². The summed E-state index contributed by atoms with van der Waals surface area (Å²) in [4.78, 5) is 0. The third-order valence-corrected chi connectivity index (χ3v) is 12.6. The molecule has 0 aromatic heterocycles. The maximum Gasteiger partial charge on any atom is 0.186 e. The SMILES string of the molecule is CC(C)CCC[C@@H](C)[C@H]1CCC2C3C(O)C(O)=C4CC(O[C@H]5O[C@H](CO)[C@H](O)[C@H](O)[C@H]5O)CC[C@]4(C)C3CC[C@@]21C. The van der Waals surface area contributed by atoms with Gasteiger partial charge in [-0.3, -0.25) is 0 Å². The third kappa shape index (κ3) is 5.42. The molecule has 1 saturated heterocycles. The first kappa shape index (κ1) is 31.7. The third-order valence-electron chi connectivity index (χ3n) is 12.6. The summed E-state index contributed by atoms with van der Waals surface area (Å²) in [6, 6.07) is 0. The van der Waals surface area contributed by atoms with Gasteiger partial charge in [0, 0.05) is 0 Å². The van der Waals surface area contributed by atoms with Gasteiger partial charge in [0.05, 0.1) is 12.7 Å². The van der Waals surface area contributed by atoms with Gasteiger partial charge in [0.1, 0.15) is 36.3 Å². The van der Waals surface area contributed by atoms with E-state index in [1.54, 1.807) is 0 Å². The first-order valence-electron chi connectivity index (χ1n) is 16.4. The van der Waals surface area contributed by atoms with Crippen LogP contribution in [0.5, 0.6) is 0 Å². The first-order chi connectivity index (χ1) is 19.3. The molecule has 5 aliphatic rings.